The molecule has 2 aliphatic heterocycles. The average molecular weight is 345 g/mol. The summed E-state index contributed by atoms with van der Waals surface area (Å²) >= 11 is 0. The molecular weight excluding hydrogens is 318 g/mol. The molecule has 6 heteroatoms. The molecule has 1 atom stereocenters. The average Bonchev–Trinajstić information content (AvgIpc) is 2.81. The van der Waals surface area contributed by atoms with Crippen molar-refractivity contribution in [3.8, 4) is 0 Å². The van der Waals surface area contributed by atoms with Crippen molar-refractivity contribution in [2.24, 2.45) is 0 Å². The van der Waals surface area contributed by atoms with Crippen LogP contribution in [0.1, 0.15) is 44.1 Å². The van der Waals surface area contributed by atoms with Gasteiger partial charge in [0.15, 0.2) is 0 Å². The molecule has 1 aromatic heterocycles. The molecule has 0 radical (unpaired) electrons. The first-order chi connectivity index (χ1) is 12.1. The largest absolute Gasteiger partial charge is 0.384 e. The lowest BCUT2D eigenvalue weighted by Gasteiger charge is -2.38. The summed E-state index contributed by atoms with van der Waals surface area (Å²) in [5.74, 6) is 0.380. The fraction of sp³-hybridized carbons (Fsp3) is 0.632. The number of methoxy groups -OCH3 is 1. The summed E-state index contributed by atoms with van der Waals surface area (Å²) in [4.78, 5) is 33.0. The molecule has 0 N–H and O–H groups in total. The van der Waals surface area contributed by atoms with Crippen LogP contribution >= 0.6 is 0 Å². The van der Waals surface area contributed by atoms with Gasteiger partial charge >= 0.3 is 0 Å². The van der Waals surface area contributed by atoms with Gasteiger partial charge in [-0.3, -0.25) is 14.6 Å². The number of aromatic nitrogens is 1. The predicted octanol–water partition coefficient (Wildman–Crippen LogP) is 1.99. The van der Waals surface area contributed by atoms with Gasteiger partial charge < -0.3 is 14.5 Å². The van der Waals surface area contributed by atoms with Crippen molar-refractivity contribution in [3.63, 3.8) is 0 Å². The van der Waals surface area contributed by atoms with Crippen LogP contribution in [0.25, 0.3) is 0 Å². The number of hydrogen-bond acceptors (Lipinski definition) is 4. The maximum absolute atomic E-state index is 12.5. The fourth-order valence-electron chi connectivity index (χ4n) is 4.10. The van der Waals surface area contributed by atoms with Crippen molar-refractivity contribution >= 4 is 11.8 Å². The molecule has 6 nitrogen and oxygen atoms in total. The predicted molar refractivity (Wildman–Crippen MR) is 93.7 cm³/mol. The van der Waals surface area contributed by atoms with Crippen LogP contribution in [0.15, 0.2) is 24.5 Å². The van der Waals surface area contributed by atoms with Gasteiger partial charge in [0, 0.05) is 51.1 Å². The van der Waals surface area contributed by atoms with Gasteiger partial charge in [0.1, 0.15) is 0 Å². The first-order valence-electron chi connectivity index (χ1n) is 9.11. The highest BCUT2D eigenvalue weighted by Gasteiger charge is 2.45. The van der Waals surface area contributed by atoms with Crippen LogP contribution in [0.5, 0.6) is 0 Å². The summed E-state index contributed by atoms with van der Waals surface area (Å²) in [7, 11) is 1.62. The molecule has 2 amide bonds. The van der Waals surface area contributed by atoms with Crippen molar-refractivity contribution in [2.45, 2.75) is 50.6 Å². The quantitative estimate of drug-likeness (QED) is 0.819. The van der Waals surface area contributed by atoms with Crippen molar-refractivity contribution < 1.29 is 14.3 Å². The number of hydrogen-bond donors (Lipinski definition) is 0. The Hall–Kier alpha value is -1.95. The molecule has 1 aromatic rings. The van der Waals surface area contributed by atoms with Gasteiger partial charge in [-0.25, -0.2) is 0 Å². The number of amides is 2. The lowest BCUT2D eigenvalue weighted by molar-refractivity contribution is -0.132. The van der Waals surface area contributed by atoms with E-state index in [0.29, 0.717) is 26.0 Å². The first kappa shape index (κ1) is 17.9. The van der Waals surface area contributed by atoms with Gasteiger partial charge in [-0.15, -0.1) is 0 Å². The van der Waals surface area contributed by atoms with Gasteiger partial charge in [-0.05, 0) is 37.3 Å². The zero-order valence-electron chi connectivity index (χ0n) is 14.9. The summed E-state index contributed by atoms with van der Waals surface area (Å²) in [6.07, 6.45) is 8.28. The lowest BCUT2D eigenvalue weighted by atomic mass is 9.87. The highest BCUT2D eigenvalue weighted by Crippen LogP contribution is 2.40. The Morgan fingerprint density at radius 1 is 1.32 bits per heavy atom. The third-order valence-electron chi connectivity index (χ3n) is 5.53. The van der Waals surface area contributed by atoms with Crippen LogP contribution in [0.2, 0.25) is 0 Å². The second kappa shape index (κ2) is 7.95. The Morgan fingerprint density at radius 2 is 2.20 bits per heavy atom. The maximum atomic E-state index is 12.5. The fourth-order valence-corrected chi connectivity index (χ4v) is 4.10. The van der Waals surface area contributed by atoms with E-state index in [9.17, 15) is 9.59 Å². The molecule has 25 heavy (non-hydrogen) atoms. The van der Waals surface area contributed by atoms with E-state index in [4.69, 9.17) is 4.74 Å². The Balaban J connectivity index is 1.69. The van der Waals surface area contributed by atoms with Crippen LogP contribution in [0.3, 0.4) is 0 Å². The Kier molecular flexibility index (Phi) is 5.68. The number of likely N-dealkylation sites (tertiary alicyclic amines) is 2. The number of nitrogens with zero attached hydrogens (tertiary/aromatic N) is 3. The van der Waals surface area contributed by atoms with Gasteiger partial charge in [-0.1, -0.05) is 6.07 Å². The highest BCUT2D eigenvalue weighted by molar-refractivity contribution is 5.80. The highest BCUT2D eigenvalue weighted by atomic mass is 16.5. The van der Waals surface area contributed by atoms with E-state index < -0.39 is 0 Å². The smallest absolute Gasteiger partial charge is 0.224 e. The lowest BCUT2D eigenvalue weighted by Crippen LogP contribution is -2.46. The molecule has 2 saturated heterocycles. The van der Waals surface area contributed by atoms with Crippen LogP contribution < -0.4 is 0 Å². The van der Waals surface area contributed by atoms with Crippen LogP contribution in [-0.4, -0.2) is 58.9 Å². The maximum Gasteiger partial charge on any atom is 0.224 e. The Morgan fingerprint density at radius 3 is 2.96 bits per heavy atom. The minimum atomic E-state index is -0.108. The van der Waals surface area contributed by atoms with Gasteiger partial charge in [-0.2, -0.15) is 0 Å². The third kappa shape index (κ3) is 4.00. The van der Waals surface area contributed by atoms with E-state index in [1.165, 1.54) is 0 Å². The second-order valence-corrected chi connectivity index (χ2v) is 7.04. The van der Waals surface area contributed by atoms with Crippen molar-refractivity contribution in [3.05, 3.63) is 30.1 Å². The molecule has 0 aromatic carbocycles. The van der Waals surface area contributed by atoms with E-state index in [1.54, 1.807) is 13.3 Å². The summed E-state index contributed by atoms with van der Waals surface area (Å²) in [6, 6.07) is 3.93. The standard InChI is InChI=1S/C19H27N3O3/c1-25-13-6-17(23)21-11-3-7-19(9-12-21)8-5-18(24)22(19)15-16-4-2-10-20-14-16/h2,4,10,14H,3,5-9,11-13,15H2,1H3. The minimum absolute atomic E-state index is 0.108. The molecule has 2 fully saturated rings. The zero-order valence-corrected chi connectivity index (χ0v) is 14.9. The normalized spacial score (nSPS) is 24.0. The van der Waals surface area contributed by atoms with Crippen molar-refractivity contribution in [2.75, 3.05) is 26.8 Å². The van der Waals surface area contributed by atoms with Gasteiger partial charge in [0.2, 0.25) is 11.8 Å². The molecule has 3 heterocycles. The molecule has 0 aliphatic carbocycles. The molecule has 136 valence electrons. The van der Waals surface area contributed by atoms with Gasteiger partial charge in [0.25, 0.3) is 0 Å². The summed E-state index contributed by atoms with van der Waals surface area (Å²) in [5.41, 5.74) is 0.956. The van der Waals surface area contributed by atoms with Crippen molar-refractivity contribution in [1.29, 1.82) is 0 Å². The van der Waals surface area contributed by atoms with E-state index in [1.807, 2.05) is 28.1 Å². The number of pyridine rings is 1. The van der Waals surface area contributed by atoms with Crippen LogP contribution in [0.4, 0.5) is 0 Å². The van der Waals surface area contributed by atoms with Crippen LogP contribution in [0, 0.1) is 0 Å². The van der Waals surface area contributed by atoms with Crippen LogP contribution in [-0.2, 0) is 20.9 Å². The Bertz CT molecular complexity index is 607. The molecule has 2 aliphatic rings. The molecule has 3 rings (SSSR count). The molecular formula is C19H27N3O3. The van der Waals surface area contributed by atoms with E-state index in [-0.39, 0.29) is 17.4 Å². The molecule has 1 unspecified atom stereocenters. The summed E-state index contributed by atoms with van der Waals surface area (Å²) in [6.45, 7) is 2.58. The number of carbonyl (C=O) groups excluding carboxylic acids is 2. The molecule has 0 bridgehead atoms. The van der Waals surface area contributed by atoms with E-state index in [0.717, 1.165) is 44.3 Å². The molecule has 1 spiro atoms. The number of rotatable bonds is 5. The SMILES string of the molecule is COCCC(=O)N1CCCC2(CCC(=O)N2Cc2cccnc2)CC1. The Labute approximate surface area is 149 Å². The first-order valence-corrected chi connectivity index (χ1v) is 9.11. The van der Waals surface area contributed by atoms with E-state index in [2.05, 4.69) is 4.98 Å². The third-order valence-corrected chi connectivity index (χ3v) is 5.53. The summed E-state index contributed by atoms with van der Waals surface area (Å²) < 4.78 is 5.02. The minimum Gasteiger partial charge on any atom is -0.384 e. The summed E-state index contributed by atoms with van der Waals surface area (Å²) in [5, 5.41) is 0. The number of ether oxygens (including phenoxy) is 1. The second-order valence-electron chi connectivity index (χ2n) is 7.04. The van der Waals surface area contributed by atoms with Crippen molar-refractivity contribution in [1.82, 2.24) is 14.8 Å². The molecule has 0 saturated carbocycles. The monoisotopic (exact) mass is 345 g/mol. The van der Waals surface area contributed by atoms with Gasteiger partial charge in [0.05, 0.1) is 13.0 Å². The zero-order chi connectivity index (χ0) is 17.7. The van der Waals surface area contributed by atoms with E-state index >= 15 is 0 Å². The topological polar surface area (TPSA) is 62.7 Å². The number of carbonyl (C=O) groups is 2.